The van der Waals surface area contributed by atoms with Gasteiger partial charge in [-0.15, -0.1) is 0 Å². The van der Waals surface area contributed by atoms with Crippen LogP contribution in [0.5, 0.6) is 0 Å². The predicted octanol–water partition coefficient (Wildman–Crippen LogP) is 3.26. The molecule has 0 unspecified atom stereocenters. The third kappa shape index (κ3) is 1.89. The molecule has 13 heavy (non-hydrogen) atoms. The fraction of sp³-hybridized carbons (Fsp3) is 0.600. The second kappa shape index (κ2) is 3.89. The minimum Gasteiger partial charge on any atom is -0.196 e. The van der Waals surface area contributed by atoms with Gasteiger partial charge in [0.25, 0.3) is 0 Å². The summed E-state index contributed by atoms with van der Waals surface area (Å²) in [5, 5.41) is 9.00. The Kier molecular flexibility index (Phi) is 3.05. The van der Waals surface area contributed by atoms with Crippen molar-refractivity contribution < 1.29 is 0 Å². The number of rotatable bonds is 2. The molecule has 1 aromatic rings. The van der Waals surface area contributed by atoms with Crippen molar-refractivity contribution in [2.24, 2.45) is 0 Å². The van der Waals surface area contributed by atoms with Gasteiger partial charge in [0.05, 0.1) is 11.3 Å². The lowest BCUT2D eigenvalue weighted by Crippen LogP contribution is -1.93. The second-order valence-corrected chi connectivity index (χ2v) is 4.53. The van der Waals surface area contributed by atoms with Crippen molar-refractivity contribution in [3.8, 4) is 6.07 Å². The maximum atomic E-state index is 9.00. The average Bonchev–Trinajstić information content (AvgIpc) is 2.46. The summed E-state index contributed by atoms with van der Waals surface area (Å²) in [6, 6.07) is 2.25. The quantitative estimate of drug-likeness (QED) is 0.724. The minimum atomic E-state index is 0.346. The van der Waals surface area contributed by atoms with Gasteiger partial charge >= 0.3 is 0 Å². The molecule has 0 N–H and O–H groups in total. The van der Waals surface area contributed by atoms with E-state index in [2.05, 4.69) is 38.1 Å². The highest BCUT2D eigenvalue weighted by Gasteiger charge is 2.17. The van der Waals surface area contributed by atoms with E-state index in [1.807, 2.05) is 0 Å². The molecule has 0 saturated carbocycles. The number of nitriles is 1. The Morgan fingerprint density at radius 3 is 2.23 bits per heavy atom. The van der Waals surface area contributed by atoms with Crippen LogP contribution in [-0.2, 0) is 0 Å². The number of hydrogen-bond donors (Lipinski definition) is 0. The van der Waals surface area contributed by atoms with Crippen LogP contribution in [0.2, 0.25) is 0 Å². The van der Waals surface area contributed by atoms with E-state index in [4.69, 9.17) is 5.26 Å². The first kappa shape index (κ1) is 10.2. The van der Waals surface area contributed by atoms with Crippen LogP contribution in [0.1, 0.15) is 55.7 Å². The van der Waals surface area contributed by atoms with Gasteiger partial charge < -0.3 is 0 Å². The third-order valence-electron chi connectivity index (χ3n) is 1.93. The van der Waals surface area contributed by atoms with Crippen molar-refractivity contribution in [1.82, 2.24) is 4.37 Å². The minimum absolute atomic E-state index is 0.346. The van der Waals surface area contributed by atoms with Gasteiger partial charge in [-0.2, -0.15) is 9.64 Å². The Morgan fingerprint density at radius 2 is 1.85 bits per heavy atom. The van der Waals surface area contributed by atoms with E-state index in [1.165, 1.54) is 11.5 Å². The van der Waals surface area contributed by atoms with E-state index in [-0.39, 0.29) is 0 Å². The lowest BCUT2D eigenvalue weighted by atomic mass is 10.0. The Hall–Kier alpha value is -0.880. The normalized spacial score (nSPS) is 10.8. The van der Waals surface area contributed by atoms with Crippen molar-refractivity contribution in [3.63, 3.8) is 0 Å². The zero-order valence-electron chi connectivity index (χ0n) is 8.46. The molecule has 0 bridgehead atoms. The summed E-state index contributed by atoms with van der Waals surface area (Å²) in [6.45, 7) is 8.33. The highest BCUT2D eigenvalue weighted by Crippen LogP contribution is 2.29. The summed E-state index contributed by atoms with van der Waals surface area (Å²) in [5.74, 6) is 0.748. The largest absolute Gasteiger partial charge is 0.196 e. The predicted molar refractivity (Wildman–Crippen MR) is 55.0 cm³/mol. The summed E-state index contributed by atoms with van der Waals surface area (Å²) in [4.78, 5) is 1.12. The maximum Gasteiger partial charge on any atom is 0.102 e. The number of aromatic nitrogens is 1. The van der Waals surface area contributed by atoms with Crippen molar-refractivity contribution >= 4 is 11.5 Å². The highest BCUT2D eigenvalue weighted by atomic mass is 32.1. The molecule has 70 valence electrons. The van der Waals surface area contributed by atoms with Gasteiger partial charge in [-0.1, -0.05) is 27.7 Å². The monoisotopic (exact) mass is 194 g/mol. The molecule has 0 saturated heterocycles. The lowest BCUT2D eigenvalue weighted by Gasteiger charge is -2.02. The number of hydrogen-bond acceptors (Lipinski definition) is 3. The first-order valence-corrected chi connectivity index (χ1v) is 5.24. The average molecular weight is 194 g/mol. The smallest absolute Gasteiger partial charge is 0.102 e. The molecule has 0 aliphatic heterocycles. The van der Waals surface area contributed by atoms with Gasteiger partial charge in [0.1, 0.15) is 6.07 Å². The van der Waals surface area contributed by atoms with E-state index in [9.17, 15) is 0 Å². The van der Waals surface area contributed by atoms with E-state index >= 15 is 0 Å². The molecular formula is C10H14N2S. The van der Waals surface area contributed by atoms with Crippen LogP contribution in [0.15, 0.2) is 0 Å². The van der Waals surface area contributed by atoms with Crippen LogP contribution in [-0.4, -0.2) is 4.37 Å². The molecular weight excluding hydrogens is 180 g/mol. The molecule has 0 aliphatic carbocycles. The molecule has 1 aromatic heterocycles. The Bertz CT molecular complexity index is 306. The summed E-state index contributed by atoms with van der Waals surface area (Å²) in [6.07, 6.45) is 0. The van der Waals surface area contributed by atoms with Crippen LogP contribution in [0.25, 0.3) is 0 Å². The third-order valence-corrected chi connectivity index (χ3v) is 3.09. The van der Waals surface area contributed by atoms with Crippen molar-refractivity contribution in [2.75, 3.05) is 0 Å². The van der Waals surface area contributed by atoms with Gasteiger partial charge in [0.15, 0.2) is 0 Å². The molecule has 0 spiro atoms. The van der Waals surface area contributed by atoms with E-state index in [0.29, 0.717) is 11.8 Å². The fourth-order valence-electron chi connectivity index (χ4n) is 1.22. The molecule has 0 aromatic carbocycles. The molecule has 0 aliphatic rings. The summed E-state index contributed by atoms with van der Waals surface area (Å²) in [5.41, 5.74) is 1.76. The molecule has 2 nitrogen and oxygen atoms in total. The van der Waals surface area contributed by atoms with E-state index in [1.54, 1.807) is 0 Å². The van der Waals surface area contributed by atoms with Crippen molar-refractivity contribution in [3.05, 3.63) is 16.1 Å². The van der Waals surface area contributed by atoms with Crippen LogP contribution < -0.4 is 0 Å². The second-order valence-electron chi connectivity index (χ2n) is 3.73. The van der Waals surface area contributed by atoms with Crippen molar-refractivity contribution in [2.45, 2.75) is 39.5 Å². The molecule has 1 heterocycles. The van der Waals surface area contributed by atoms with Crippen LogP contribution in [0.4, 0.5) is 0 Å². The molecule has 0 amide bonds. The van der Waals surface area contributed by atoms with E-state index in [0.717, 1.165) is 16.1 Å². The lowest BCUT2D eigenvalue weighted by molar-refractivity contribution is 0.827. The first-order valence-electron chi connectivity index (χ1n) is 4.47. The van der Waals surface area contributed by atoms with Crippen LogP contribution in [0.3, 0.4) is 0 Å². The van der Waals surface area contributed by atoms with Gasteiger partial charge in [-0.25, -0.2) is 0 Å². The van der Waals surface area contributed by atoms with Crippen molar-refractivity contribution in [1.29, 1.82) is 5.26 Å². The zero-order valence-corrected chi connectivity index (χ0v) is 9.27. The fourth-order valence-corrected chi connectivity index (χ4v) is 2.17. The molecule has 1 rings (SSSR count). The van der Waals surface area contributed by atoms with Crippen LogP contribution >= 0.6 is 11.5 Å². The first-order chi connectivity index (χ1) is 6.07. The molecule has 0 radical (unpaired) electrons. The van der Waals surface area contributed by atoms with Gasteiger partial charge in [-0.05, 0) is 23.4 Å². The maximum absolute atomic E-state index is 9.00. The molecule has 0 fully saturated rings. The molecule has 0 atom stereocenters. The zero-order chi connectivity index (χ0) is 10.0. The Balaban J connectivity index is 3.21. The SMILES string of the molecule is CC(C)c1nsc(C(C)C)c1C#N. The van der Waals surface area contributed by atoms with Gasteiger partial charge in [0.2, 0.25) is 0 Å². The van der Waals surface area contributed by atoms with Gasteiger partial charge in [0, 0.05) is 4.88 Å². The number of nitrogens with zero attached hydrogens (tertiary/aromatic N) is 2. The standard InChI is InChI=1S/C10H14N2S/c1-6(2)9-8(5-11)10(7(3)4)13-12-9/h6-7H,1-4H3. The van der Waals surface area contributed by atoms with Gasteiger partial charge in [-0.3, -0.25) is 0 Å². The Morgan fingerprint density at radius 1 is 1.23 bits per heavy atom. The summed E-state index contributed by atoms with van der Waals surface area (Å²) in [7, 11) is 0. The summed E-state index contributed by atoms with van der Waals surface area (Å²) >= 11 is 1.46. The van der Waals surface area contributed by atoms with E-state index < -0.39 is 0 Å². The summed E-state index contributed by atoms with van der Waals surface area (Å²) < 4.78 is 4.33. The Labute approximate surface area is 83.4 Å². The molecule has 3 heteroatoms. The highest BCUT2D eigenvalue weighted by molar-refractivity contribution is 7.06. The van der Waals surface area contributed by atoms with Crippen LogP contribution in [0, 0.1) is 11.3 Å². The topological polar surface area (TPSA) is 36.7 Å².